The number of hydrogen-bond donors (Lipinski definition) is 1. The molecule has 110 valence electrons. The van der Waals surface area contributed by atoms with Gasteiger partial charge in [-0.05, 0) is 34.5 Å². The van der Waals surface area contributed by atoms with Crippen molar-refractivity contribution in [1.82, 2.24) is 5.32 Å². The smallest absolute Gasteiger partial charge is 0.252 e. The SMILES string of the molecule is COc1cccc(CNC(=O)c2cccc3ccccc23)c1. The van der Waals surface area contributed by atoms with E-state index in [1.54, 1.807) is 7.11 Å². The first-order chi connectivity index (χ1) is 10.8. The fourth-order valence-corrected chi connectivity index (χ4v) is 2.48. The second-order valence-corrected chi connectivity index (χ2v) is 5.06. The van der Waals surface area contributed by atoms with E-state index in [9.17, 15) is 4.79 Å². The van der Waals surface area contributed by atoms with Gasteiger partial charge in [0.2, 0.25) is 0 Å². The van der Waals surface area contributed by atoms with Crippen LogP contribution in [0.15, 0.2) is 66.7 Å². The fourth-order valence-electron chi connectivity index (χ4n) is 2.48. The topological polar surface area (TPSA) is 38.3 Å². The Morgan fingerprint density at radius 2 is 1.77 bits per heavy atom. The molecule has 3 aromatic rings. The molecule has 0 saturated heterocycles. The Bertz CT molecular complexity index is 806. The maximum Gasteiger partial charge on any atom is 0.252 e. The summed E-state index contributed by atoms with van der Waals surface area (Å²) in [4.78, 5) is 12.4. The lowest BCUT2D eigenvalue weighted by Gasteiger charge is -2.09. The average molecular weight is 291 g/mol. The summed E-state index contributed by atoms with van der Waals surface area (Å²) < 4.78 is 5.19. The number of rotatable bonds is 4. The normalized spacial score (nSPS) is 10.4. The van der Waals surface area contributed by atoms with E-state index < -0.39 is 0 Å². The van der Waals surface area contributed by atoms with Crippen LogP contribution in [0, 0.1) is 0 Å². The largest absolute Gasteiger partial charge is 0.497 e. The van der Waals surface area contributed by atoms with Gasteiger partial charge in [-0.3, -0.25) is 4.79 Å². The molecule has 22 heavy (non-hydrogen) atoms. The van der Waals surface area contributed by atoms with E-state index in [0.717, 1.165) is 22.1 Å². The molecule has 0 atom stereocenters. The maximum absolute atomic E-state index is 12.4. The monoisotopic (exact) mass is 291 g/mol. The van der Waals surface area contributed by atoms with Crippen molar-refractivity contribution in [3.63, 3.8) is 0 Å². The summed E-state index contributed by atoms with van der Waals surface area (Å²) in [6, 6.07) is 21.3. The lowest BCUT2D eigenvalue weighted by molar-refractivity contribution is 0.0952. The molecule has 0 aliphatic heterocycles. The molecule has 0 bridgehead atoms. The first-order valence-electron chi connectivity index (χ1n) is 7.17. The zero-order valence-electron chi connectivity index (χ0n) is 12.4. The van der Waals surface area contributed by atoms with Crippen molar-refractivity contribution in [1.29, 1.82) is 0 Å². The van der Waals surface area contributed by atoms with Gasteiger partial charge in [-0.15, -0.1) is 0 Å². The van der Waals surface area contributed by atoms with Crippen LogP contribution in [-0.4, -0.2) is 13.0 Å². The maximum atomic E-state index is 12.4. The number of hydrogen-bond acceptors (Lipinski definition) is 2. The van der Waals surface area contributed by atoms with Crippen LogP contribution in [0.4, 0.5) is 0 Å². The van der Waals surface area contributed by atoms with Crippen molar-refractivity contribution >= 4 is 16.7 Å². The number of nitrogens with one attached hydrogen (secondary N) is 1. The van der Waals surface area contributed by atoms with Crippen molar-refractivity contribution in [2.24, 2.45) is 0 Å². The molecule has 1 amide bonds. The van der Waals surface area contributed by atoms with E-state index in [-0.39, 0.29) is 5.91 Å². The lowest BCUT2D eigenvalue weighted by Crippen LogP contribution is -2.23. The van der Waals surface area contributed by atoms with Crippen molar-refractivity contribution in [2.75, 3.05) is 7.11 Å². The first-order valence-corrected chi connectivity index (χ1v) is 7.17. The molecular formula is C19H17NO2. The molecule has 3 rings (SSSR count). The summed E-state index contributed by atoms with van der Waals surface area (Å²) in [5.41, 5.74) is 1.70. The molecule has 3 nitrogen and oxygen atoms in total. The molecule has 0 saturated carbocycles. The quantitative estimate of drug-likeness (QED) is 0.794. The van der Waals surface area contributed by atoms with Gasteiger partial charge in [0.15, 0.2) is 0 Å². The second-order valence-electron chi connectivity index (χ2n) is 5.06. The van der Waals surface area contributed by atoms with E-state index in [2.05, 4.69) is 5.32 Å². The Kier molecular flexibility index (Phi) is 4.05. The van der Waals surface area contributed by atoms with Gasteiger partial charge in [0.05, 0.1) is 7.11 Å². The van der Waals surface area contributed by atoms with Gasteiger partial charge >= 0.3 is 0 Å². The molecule has 1 N–H and O–H groups in total. The van der Waals surface area contributed by atoms with Crippen molar-refractivity contribution in [2.45, 2.75) is 6.54 Å². The molecule has 0 spiro atoms. The van der Waals surface area contributed by atoms with E-state index >= 15 is 0 Å². The summed E-state index contributed by atoms with van der Waals surface area (Å²) >= 11 is 0. The van der Waals surface area contributed by atoms with E-state index in [1.165, 1.54) is 0 Å². The van der Waals surface area contributed by atoms with Crippen LogP contribution in [-0.2, 0) is 6.54 Å². The molecule has 0 aromatic heterocycles. The number of carbonyl (C=O) groups is 1. The van der Waals surface area contributed by atoms with Crippen molar-refractivity contribution < 1.29 is 9.53 Å². The van der Waals surface area contributed by atoms with E-state index in [0.29, 0.717) is 12.1 Å². The number of methoxy groups -OCH3 is 1. The lowest BCUT2D eigenvalue weighted by atomic mass is 10.0. The fraction of sp³-hybridized carbons (Fsp3) is 0.105. The van der Waals surface area contributed by atoms with Gasteiger partial charge in [-0.25, -0.2) is 0 Å². The summed E-state index contributed by atoms with van der Waals surface area (Å²) in [5, 5.41) is 5.00. The standard InChI is InChI=1S/C19H17NO2/c1-22-16-9-4-6-14(12-16)13-20-19(21)18-11-5-8-15-7-2-3-10-17(15)18/h2-12H,13H2,1H3,(H,20,21). The zero-order valence-corrected chi connectivity index (χ0v) is 12.4. The minimum absolute atomic E-state index is 0.0698. The highest BCUT2D eigenvalue weighted by Gasteiger charge is 2.09. The van der Waals surface area contributed by atoms with E-state index in [4.69, 9.17) is 4.74 Å². The summed E-state index contributed by atoms with van der Waals surface area (Å²) in [6.07, 6.45) is 0. The molecule has 0 aliphatic rings. The third-order valence-electron chi connectivity index (χ3n) is 3.62. The van der Waals surface area contributed by atoms with Crippen LogP contribution in [0.1, 0.15) is 15.9 Å². The molecule has 3 aromatic carbocycles. The van der Waals surface area contributed by atoms with Gasteiger partial charge in [0, 0.05) is 12.1 Å². The number of carbonyl (C=O) groups excluding carboxylic acids is 1. The minimum atomic E-state index is -0.0698. The second kappa shape index (κ2) is 6.31. The molecule has 0 unspecified atom stereocenters. The highest BCUT2D eigenvalue weighted by atomic mass is 16.5. The van der Waals surface area contributed by atoms with Crippen molar-refractivity contribution in [3.8, 4) is 5.75 Å². The summed E-state index contributed by atoms with van der Waals surface area (Å²) in [6.45, 7) is 0.471. The van der Waals surface area contributed by atoms with Gasteiger partial charge in [-0.2, -0.15) is 0 Å². The third-order valence-corrected chi connectivity index (χ3v) is 3.62. The predicted octanol–water partition coefficient (Wildman–Crippen LogP) is 3.78. The van der Waals surface area contributed by atoms with Gasteiger partial charge in [0.1, 0.15) is 5.75 Å². The van der Waals surface area contributed by atoms with Crippen LogP contribution in [0.25, 0.3) is 10.8 Å². The number of amides is 1. The molecule has 0 aliphatic carbocycles. The average Bonchev–Trinajstić information content (AvgIpc) is 2.59. The molecule has 0 radical (unpaired) electrons. The Balaban J connectivity index is 1.79. The molecular weight excluding hydrogens is 274 g/mol. The van der Waals surface area contributed by atoms with Crippen LogP contribution < -0.4 is 10.1 Å². The highest BCUT2D eigenvalue weighted by molar-refractivity contribution is 6.06. The van der Waals surface area contributed by atoms with Crippen molar-refractivity contribution in [3.05, 3.63) is 77.9 Å². The third kappa shape index (κ3) is 2.93. The number of ether oxygens (including phenoxy) is 1. The van der Waals surface area contributed by atoms with Crippen LogP contribution in [0.3, 0.4) is 0 Å². The summed E-state index contributed by atoms with van der Waals surface area (Å²) in [7, 11) is 1.63. The Hall–Kier alpha value is -2.81. The minimum Gasteiger partial charge on any atom is -0.497 e. The first kappa shape index (κ1) is 14.1. The highest BCUT2D eigenvalue weighted by Crippen LogP contribution is 2.18. The Morgan fingerprint density at radius 1 is 1.00 bits per heavy atom. The number of benzene rings is 3. The number of fused-ring (bicyclic) bond motifs is 1. The van der Waals surface area contributed by atoms with Gasteiger partial charge < -0.3 is 10.1 Å². The van der Waals surface area contributed by atoms with Gasteiger partial charge in [0.25, 0.3) is 5.91 Å². The summed E-state index contributed by atoms with van der Waals surface area (Å²) in [5.74, 6) is 0.719. The predicted molar refractivity (Wildman–Crippen MR) is 88.1 cm³/mol. The van der Waals surface area contributed by atoms with Gasteiger partial charge in [-0.1, -0.05) is 48.5 Å². The zero-order chi connectivity index (χ0) is 15.4. The van der Waals surface area contributed by atoms with Crippen LogP contribution >= 0.6 is 0 Å². The molecule has 0 heterocycles. The van der Waals surface area contributed by atoms with Crippen LogP contribution in [0.2, 0.25) is 0 Å². The Labute approximate surface area is 129 Å². The van der Waals surface area contributed by atoms with Crippen LogP contribution in [0.5, 0.6) is 5.75 Å². The Morgan fingerprint density at radius 3 is 2.64 bits per heavy atom. The van der Waals surface area contributed by atoms with E-state index in [1.807, 2.05) is 66.7 Å². The molecule has 0 fully saturated rings. The molecule has 3 heteroatoms.